The van der Waals surface area contributed by atoms with Crippen molar-refractivity contribution in [3.05, 3.63) is 42.1 Å². The molecule has 7 heteroatoms. The Labute approximate surface area is 120 Å². The number of halogens is 3. The fourth-order valence-electron chi connectivity index (χ4n) is 1.55. The van der Waals surface area contributed by atoms with Crippen LogP contribution >= 0.6 is 0 Å². The normalized spacial score (nSPS) is 11.2. The van der Waals surface area contributed by atoms with Crippen LogP contribution in [0, 0.1) is 0 Å². The number of aromatic nitrogens is 2. The van der Waals surface area contributed by atoms with Crippen LogP contribution in [0.3, 0.4) is 0 Å². The Morgan fingerprint density at radius 1 is 1.14 bits per heavy atom. The number of ether oxygens (including phenoxy) is 1. The van der Waals surface area contributed by atoms with E-state index in [2.05, 4.69) is 15.3 Å². The highest BCUT2D eigenvalue weighted by Gasteiger charge is 2.30. The number of alkyl halides is 3. The minimum absolute atomic E-state index is 0.267. The number of rotatable bonds is 5. The SMILES string of the molecule is CCCNc1nccc(Oc2ccc(C(F)(F)F)cc2)n1. The van der Waals surface area contributed by atoms with Crippen LogP contribution in [0.1, 0.15) is 18.9 Å². The van der Waals surface area contributed by atoms with Gasteiger partial charge in [0.05, 0.1) is 5.56 Å². The molecule has 0 aliphatic rings. The van der Waals surface area contributed by atoms with Crippen LogP contribution in [0.4, 0.5) is 19.1 Å². The molecule has 1 aromatic heterocycles. The summed E-state index contributed by atoms with van der Waals surface area (Å²) in [6, 6.07) is 5.97. The predicted molar refractivity (Wildman–Crippen MR) is 72.3 cm³/mol. The summed E-state index contributed by atoms with van der Waals surface area (Å²) in [4.78, 5) is 8.12. The van der Waals surface area contributed by atoms with Gasteiger partial charge in [-0.3, -0.25) is 0 Å². The van der Waals surface area contributed by atoms with Crippen LogP contribution in [0.25, 0.3) is 0 Å². The van der Waals surface area contributed by atoms with Crippen LogP contribution < -0.4 is 10.1 Å². The highest BCUT2D eigenvalue weighted by atomic mass is 19.4. The molecule has 0 aliphatic carbocycles. The van der Waals surface area contributed by atoms with Gasteiger partial charge in [0.2, 0.25) is 11.8 Å². The molecule has 0 radical (unpaired) electrons. The maximum absolute atomic E-state index is 12.4. The Kier molecular flexibility index (Phi) is 4.62. The first-order valence-electron chi connectivity index (χ1n) is 6.41. The smallest absolute Gasteiger partial charge is 0.416 e. The number of hydrogen-bond acceptors (Lipinski definition) is 4. The van der Waals surface area contributed by atoms with Crippen LogP contribution in [0.15, 0.2) is 36.5 Å². The summed E-state index contributed by atoms with van der Waals surface area (Å²) >= 11 is 0. The first-order valence-corrected chi connectivity index (χ1v) is 6.41. The number of anilines is 1. The second kappa shape index (κ2) is 6.43. The number of nitrogens with one attached hydrogen (secondary N) is 1. The summed E-state index contributed by atoms with van der Waals surface area (Å²) in [5.74, 6) is 0.966. The molecule has 21 heavy (non-hydrogen) atoms. The zero-order valence-corrected chi connectivity index (χ0v) is 11.3. The van der Waals surface area contributed by atoms with E-state index in [0.717, 1.165) is 25.1 Å². The minimum Gasteiger partial charge on any atom is -0.439 e. The van der Waals surface area contributed by atoms with E-state index >= 15 is 0 Å². The Morgan fingerprint density at radius 3 is 2.48 bits per heavy atom. The minimum atomic E-state index is -4.36. The van der Waals surface area contributed by atoms with E-state index in [9.17, 15) is 13.2 Å². The highest BCUT2D eigenvalue weighted by Crippen LogP contribution is 2.31. The van der Waals surface area contributed by atoms with Crippen molar-refractivity contribution in [1.82, 2.24) is 9.97 Å². The molecule has 0 bridgehead atoms. The zero-order chi connectivity index (χ0) is 15.3. The van der Waals surface area contributed by atoms with Crippen LogP contribution in [-0.4, -0.2) is 16.5 Å². The number of hydrogen-bond donors (Lipinski definition) is 1. The van der Waals surface area contributed by atoms with Gasteiger partial charge in [0, 0.05) is 18.8 Å². The Hall–Kier alpha value is -2.31. The molecule has 0 saturated heterocycles. The van der Waals surface area contributed by atoms with Gasteiger partial charge in [0.1, 0.15) is 5.75 Å². The molecule has 0 fully saturated rings. The van der Waals surface area contributed by atoms with E-state index in [-0.39, 0.29) is 11.6 Å². The number of nitrogens with zero attached hydrogens (tertiary/aromatic N) is 2. The van der Waals surface area contributed by atoms with E-state index in [1.54, 1.807) is 0 Å². The lowest BCUT2D eigenvalue weighted by Gasteiger charge is -2.09. The van der Waals surface area contributed by atoms with E-state index in [0.29, 0.717) is 5.95 Å². The lowest BCUT2D eigenvalue weighted by molar-refractivity contribution is -0.137. The van der Waals surface area contributed by atoms with Gasteiger partial charge in [-0.2, -0.15) is 18.2 Å². The van der Waals surface area contributed by atoms with Crippen molar-refractivity contribution in [2.24, 2.45) is 0 Å². The summed E-state index contributed by atoms with van der Waals surface area (Å²) in [6.45, 7) is 2.74. The van der Waals surface area contributed by atoms with Gasteiger partial charge in [0.25, 0.3) is 0 Å². The third kappa shape index (κ3) is 4.34. The average Bonchev–Trinajstić information content (AvgIpc) is 2.45. The molecule has 1 N–H and O–H groups in total. The van der Waals surface area contributed by atoms with E-state index in [1.165, 1.54) is 24.4 Å². The van der Waals surface area contributed by atoms with Gasteiger partial charge in [-0.1, -0.05) is 6.92 Å². The van der Waals surface area contributed by atoms with Gasteiger partial charge >= 0.3 is 6.18 Å². The molecule has 0 spiro atoms. The predicted octanol–water partition coefficient (Wildman–Crippen LogP) is 4.11. The average molecular weight is 297 g/mol. The fraction of sp³-hybridized carbons (Fsp3) is 0.286. The Bertz CT molecular complexity index is 585. The molecule has 0 amide bonds. The summed E-state index contributed by atoms with van der Waals surface area (Å²) in [6.07, 6.45) is -1.91. The van der Waals surface area contributed by atoms with Crippen molar-refractivity contribution in [2.45, 2.75) is 19.5 Å². The molecule has 0 unspecified atom stereocenters. The lowest BCUT2D eigenvalue weighted by Crippen LogP contribution is -2.05. The van der Waals surface area contributed by atoms with Crippen molar-refractivity contribution < 1.29 is 17.9 Å². The molecule has 0 aliphatic heterocycles. The highest BCUT2D eigenvalue weighted by molar-refractivity contribution is 5.33. The molecule has 1 aromatic carbocycles. The molecular formula is C14H14F3N3O. The maximum Gasteiger partial charge on any atom is 0.416 e. The molecule has 1 heterocycles. The first kappa shape index (κ1) is 15.1. The van der Waals surface area contributed by atoms with Gasteiger partial charge in [-0.15, -0.1) is 0 Å². The van der Waals surface area contributed by atoms with Crippen molar-refractivity contribution in [3.8, 4) is 11.6 Å². The van der Waals surface area contributed by atoms with Crippen LogP contribution in [0.5, 0.6) is 11.6 Å². The molecular weight excluding hydrogens is 283 g/mol. The van der Waals surface area contributed by atoms with Crippen molar-refractivity contribution in [3.63, 3.8) is 0 Å². The van der Waals surface area contributed by atoms with Crippen LogP contribution in [0.2, 0.25) is 0 Å². The largest absolute Gasteiger partial charge is 0.439 e. The number of benzene rings is 1. The third-order valence-electron chi connectivity index (χ3n) is 2.57. The summed E-state index contributed by atoms with van der Waals surface area (Å²) in [5, 5.41) is 3.00. The quantitative estimate of drug-likeness (QED) is 0.902. The van der Waals surface area contributed by atoms with Gasteiger partial charge < -0.3 is 10.1 Å². The topological polar surface area (TPSA) is 47.0 Å². The Balaban J connectivity index is 2.07. The third-order valence-corrected chi connectivity index (χ3v) is 2.57. The Morgan fingerprint density at radius 2 is 1.86 bits per heavy atom. The van der Waals surface area contributed by atoms with E-state index in [4.69, 9.17) is 4.74 Å². The second-order valence-electron chi connectivity index (χ2n) is 4.27. The van der Waals surface area contributed by atoms with Crippen molar-refractivity contribution in [2.75, 3.05) is 11.9 Å². The van der Waals surface area contributed by atoms with E-state index < -0.39 is 11.7 Å². The summed E-state index contributed by atoms with van der Waals surface area (Å²) < 4.78 is 42.8. The summed E-state index contributed by atoms with van der Waals surface area (Å²) in [5.41, 5.74) is -0.720. The molecule has 4 nitrogen and oxygen atoms in total. The molecule has 0 saturated carbocycles. The van der Waals surface area contributed by atoms with Crippen molar-refractivity contribution in [1.29, 1.82) is 0 Å². The lowest BCUT2D eigenvalue weighted by atomic mass is 10.2. The zero-order valence-electron chi connectivity index (χ0n) is 11.3. The fourth-order valence-corrected chi connectivity index (χ4v) is 1.55. The summed E-state index contributed by atoms with van der Waals surface area (Å²) in [7, 11) is 0. The standard InChI is InChI=1S/C14H14F3N3O/c1-2-8-18-13-19-9-7-12(20-13)21-11-5-3-10(4-6-11)14(15,16)17/h3-7,9H,2,8H2,1H3,(H,18,19,20). The maximum atomic E-state index is 12.4. The van der Waals surface area contributed by atoms with Gasteiger partial charge in [0.15, 0.2) is 0 Å². The molecule has 2 rings (SSSR count). The monoisotopic (exact) mass is 297 g/mol. The van der Waals surface area contributed by atoms with Gasteiger partial charge in [-0.25, -0.2) is 4.98 Å². The molecule has 112 valence electrons. The van der Waals surface area contributed by atoms with Crippen molar-refractivity contribution >= 4 is 5.95 Å². The second-order valence-corrected chi connectivity index (χ2v) is 4.27. The molecule has 2 aromatic rings. The van der Waals surface area contributed by atoms with Crippen LogP contribution in [-0.2, 0) is 6.18 Å². The molecule has 0 atom stereocenters. The van der Waals surface area contributed by atoms with Gasteiger partial charge in [-0.05, 0) is 30.7 Å². The first-order chi connectivity index (χ1) is 9.99. The van der Waals surface area contributed by atoms with E-state index in [1.807, 2.05) is 6.92 Å².